The first-order valence-corrected chi connectivity index (χ1v) is 9.83. The molecule has 1 aliphatic heterocycles. The van der Waals surface area contributed by atoms with Crippen molar-refractivity contribution in [2.24, 2.45) is 0 Å². The molecule has 5 heteroatoms. The molecule has 0 aromatic heterocycles. The van der Waals surface area contributed by atoms with Crippen LogP contribution in [0.2, 0.25) is 0 Å². The van der Waals surface area contributed by atoms with E-state index in [1.165, 1.54) is 44.3 Å². The first kappa shape index (κ1) is 16.6. The molecule has 0 spiro atoms. The van der Waals surface area contributed by atoms with Gasteiger partial charge in [-0.3, -0.25) is 4.79 Å². The van der Waals surface area contributed by atoms with Gasteiger partial charge in [0.15, 0.2) is 0 Å². The number of hydrogen-bond donors (Lipinski definition) is 1. The minimum Gasteiger partial charge on any atom is -0.353 e. The fraction of sp³-hybridized carbons (Fsp3) is 0.933. The van der Waals surface area contributed by atoms with E-state index in [-0.39, 0.29) is 5.91 Å². The van der Waals surface area contributed by atoms with Gasteiger partial charge >= 0.3 is 0 Å². The van der Waals surface area contributed by atoms with Crippen LogP contribution in [0.5, 0.6) is 0 Å². The Morgan fingerprint density at radius 1 is 1.35 bits per heavy atom. The number of amides is 1. The molecule has 1 heterocycles. The molecule has 0 radical (unpaired) electrons. The largest absolute Gasteiger partial charge is 0.353 e. The maximum absolute atomic E-state index is 12.0. The molecule has 2 fully saturated rings. The molecule has 116 valence electrons. The monoisotopic (exact) mass is 362 g/mol. The lowest BCUT2D eigenvalue weighted by molar-refractivity contribution is -0.122. The third-order valence-electron chi connectivity index (χ3n) is 4.24. The van der Waals surface area contributed by atoms with Crippen molar-refractivity contribution < 1.29 is 4.79 Å². The summed E-state index contributed by atoms with van der Waals surface area (Å²) in [6.45, 7) is 1.98. The number of rotatable bonds is 6. The topological polar surface area (TPSA) is 32.3 Å². The van der Waals surface area contributed by atoms with E-state index in [2.05, 4.69) is 45.0 Å². The van der Waals surface area contributed by atoms with Gasteiger partial charge in [0.05, 0.1) is 0 Å². The van der Waals surface area contributed by atoms with E-state index in [0.29, 0.717) is 17.3 Å². The summed E-state index contributed by atoms with van der Waals surface area (Å²) in [5.41, 5.74) is 0. The summed E-state index contributed by atoms with van der Waals surface area (Å²) >= 11 is 5.74. The molecule has 2 unspecified atom stereocenters. The zero-order valence-corrected chi connectivity index (χ0v) is 14.8. The Kier molecular flexibility index (Phi) is 7.18. The van der Waals surface area contributed by atoms with Gasteiger partial charge in [0.2, 0.25) is 5.91 Å². The first-order chi connectivity index (χ1) is 9.63. The molecule has 20 heavy (non-hydrogen) atoms. The van der Waals surface area contributed by atoms with Crippen LogP contribution in [0.4, 0.5) is 0 Å². The highest BCUT2D eigenvalue weighted by Crippen LogP contribution is 2.31. The highest BCUT2D eigenvalue weighted by atomic mass is 79.9. The molecule has 1 aliphatic carbocycles. The van der Waals surface area contributed by atoms with Gasteiger partial charge in [-0.1, -0.05) is 35.2 Å². The van der Waals surface area contributed by atoms with Crippen molar-refractivity contribution in [3.8, 4) is 0 Å². The number of nitrogens with zero attached hydrogens (tertiary/aromatic N) is 1. The van der Waals surface area contributed by atoms with E-state index in [4.69, 9.17) is 0 Å². The zero-order valence-electron chi connectivity index (χ0n) is 12.4. The molecule has 1 saturated heterocycles. The highest BCUT2D eigenvalue weighted by Gasteiger charge is 2.24. The third kappa shape index (κ3) is 5.94. The Morgan fingerprint density at radius 2 is 2.10 bits per heavy atom. The molecule has 2 atom stereocenters. The van der Waals surface area contributed by atoms with Gasteiger partial charge in [0.1, 0.15) is 0 Å². The third-order valence-corrected chi connectivity index (χ3v) is 6.77. The second kappa shape index (κ2) is 8.64. The van der Waals surface area contributed by atoms with Gasteiger partial charge in [0.25, 0.3) is 0 Å². The molecule has 0 aromatic carbocycles. The van der Waals surface area contributed by atoms with Gasteiger partial charge in [0, 0.05) is 41.4 Å². The fourth-order valence-electron chi connectivity index (χ4n) is 3.07. The second-order valence-electron chi connectivity index (χ2n) is 6.20. The summed E-state index contributed by atoms with van der Waals surface area (Å²) in [6.07, 6.45) is 8.13. The van der Waals surface area contributed by atoms with Crippen LogP contribution in [0.3, 0.4) is 0 Å². The highest BCUT2D eigenvalue weighted by molar-refractivity contribution is 9.09. The predicted octanol–water partition coefficient (Wildman–Crippen LogP) is 3.03. The zero-order chi connectivity index (χ0) is 14.4. The standard InChI is InChI=1S/C15H27BrN2OS/c1-18(10-14-9-12(16)11-20-14)8-7-15(19)17-13-5-3-2-4-6-13/h12-14H,2-11H2,1H3,(H,17,19). The summed E-state index contributed by atoms with van der Waals surface area (Å²) in [4.78, 5) is 14.9. The predicted molar refractivity (Wildman–Crippen MR) is 90.7 cm³/mol. The minimum atomic E-state index is 0.237. The normalized spacial score (nSPS) is 27.9. The minimum absolute atomic E-state index is 0.237. The summed E-state index contributed by atoms with van der Waals surface area (Å²) in [6, 6.07) is 0.445. The van der Waals surface area contributed by atoms with Crippen LogP contribution in [-0.4, -0.2) is 52.8 Å². The number of nitrogens with one attached hydrogen (secondary N) is 1. The molecule has 1 N–H and O–H groups in total. The lowest BCUT2D eigenvalue weighted by Crippen LogP contribution is -2.38. The molecule has 2 rings (SSSR count). The van der Waals surface area contributed by atoms with Crippen molar-refractivity contribution in [3.63, 3.8) is 0 Å². The van der Waals surface area contributed by atoms with E-state index in [0.717, 1.165) is 18.3 Å². The van der Waals surface area contributed by atoms with E-state index in [1.54, 1.807) is 0 Å². The van der Waals surface area contributed by atoms with Crippen molar-refractivity contribution in [2.75, 3.05) is 25.9 Å². The number of carbonyl (C=O) groups excluding carboxylic acids is 1. The SMILES string of the molecule is CN(CCC(=O)NC1CCCCC1)CC1CC(Br)CS1. The van der Waals surface area contributed by atoms with Crippen LogP contribution in [0.25, 0.3) is 0 Å². The molecule has 0 bridgehead atoms. The first-order valence-electron chi connectivity index (χ1n) is 7.87. The van der Waals surface area contributed by atoms with E-state index >= 15 is 0 Å². The maximum Gasteiger partial charge on any atom is 0.221 e. The number of thioether (sulfide) groups is 1. The van der Waals surface area contributed by atoms with Crippen LogP contribution in [-0.2, 0) is 4.79 Å². The van der Waals surface area contributed by atoms with Crippen molar-refractivity contribution in [1.29, 1.82) is 0 Å². The number of hydrogen-bond acceptors (Lipinski definition) is 3. The maximum atomic E-state index is 12.0. The van der Waals surface area contributed by atoms with Gasteiger partial charge in [-0.25, -0.2) is 0 Å². The van der Waals surface area contributed by atoms with Gasteiger partial charge in [-0.2, -0.15) is 11.8 Å². The number of halogens is 1. The molecule has 1 amide bonds. The van der Waals surface area contributed by atoms with Crippen LogP contribution in [0, 0.1) is 0 Å². The lowest BCUT2D eigenvalue weighted by Gasteiger charge is -2.24. The van der Waals surface area contributed by atoms with Crippen LogP contribution >= 0.6 is 27.7 Å². The number of alkyl halides is 1. The summed E-state index contributed by atoms with van der Waals surface area (Å²) in [5, 5.41) is 3.92. The van der Waals surface area contributed by atoms with E-state index < -0.39 is 0 Å². The molecular formula is C15H27BrN2OS. The smallest absolute Gasteiger partial charge is 0.221 e. The van der Waals surface area contributed by atoms with Crippen molar-refractivity contribution in [2.45, 2.75) is 61.1 Å². The van der Waals surface area contributed by atoms with Crippen molar-refractivity contribution in [3.05, 3.63) is 0 Å². The Balaban J connectivity index is 1.57. The Labute approximate surface area is 135 Å². The second-order valence-corrected chi connectivity index (χ2v) is 8.83. The van der Waals surface area contributed by atoms with Gasteiger partial charge < -0.3 is 10.2 Å². The molecule has 2 aliphatic rings. The quantitative estimate of drug-likeness (QED) is 0.737. The van der Waals surface area contributed by atoms with E-state index in [9.17, 15) is 4.79 Å². The van der Waals surface area contributed by atoms with Gasteiger partial charge in [-0.05, 0) is 26.3 Å². The summed E-state index contributed by atoms with van der Waals surface area (Å²) in [7, 11) is 2.13. The Morgan fingerprint density at radius 3 is 2.75 bits per heavy atom. The summed E-state index contributed by atoms with van der Waals surface area (Å²) < 4.78 is 0. The lowest BCUT2D eigenvalue weighted by atomic mass is 9.95. The Hall–Kier alpha value is 0.260. The molecule has 1 saturated carbocycles. The Bertz CT molecular complexity index is 310. The average molecular weight is 363 g/mol. The molecule has 3 nitrogen and oxygen atoms in total. The summed E-state index contributed by atoms with van der Waals surface area (Å²) in [5.74, 6) is 1.46. The molecule has 0 aromatic rings. The van der Waals surface area contributed by atoms with Gasteiger partial charge in [-0.15, -0.1) is 0 Å². The fourth-order valence-corrected chi connectivity index (χ4v) is 5.57. The van der Waals surface area contributed by atoms with Crippen molar-refractivity contribution >= 4 is 33.6 Å². The average Bonchev–Trinajstić information content (AvgIpc) is 2.83. The number of carbonyl (C=O) groups is 1. The van der Waals surface area contributed by atoms with Crippen LogP contribution in [0.15, 0.2) is 0 Å². The van der Waals surface area contributed by atoms with Crippen LogP contribution in [0.1, 0.15) is 44.9 Å². The van der Waals surface area contributed by atoms with E-state index in [1.807, 2.05) is 0 Å². The molecular weight excluding hydrogens is 336 g/mol. The van der Waals surface area contributed by atoms with Crippen molar-refractivity contribution in [1.82, 2.24) is 10.2 Å². The van der Waals surface area contributed by atoms with Crippen LogP contribution < -0.4 is 5.32 Å².